The van der Waals surface area contributed by atoms with Crippen molar-refractivity contribution in [2.24, 2.45) is 5.92 Å². The monoisotopic (exact) mass is 261 g/mol. The largest absolute Gasteiger partial charge is 0.396 e. The Bertz CT molecular complexity index is 396. The zero-order chi connectivity index (χ0) is 13.7. The van der Waals surface area contributed by atoms with Crippen molar-refractivity contribution in [1.82, 2.24) is 5.32 Å². The average Bonchev–Trinajstić information content (AvgIpc) is 2.30. The first kappa shape index (κ1) is 15.0. The fraction of sp³-hybridized carbons (Fsp3) is 0.538. The molecule has 0 heterocycles. The number of aliphatic hydroxyl groups excluding tert-OH is 1. The summed E-state index contributed by atoms with van der Waals surface area (Å²) in [5, 5.41) is 11.9. The molecule has 2 nitrogen and oxygen atoms in total. The molecule has 0 aliphatic rings. The van der Waals surface area contributed by atoms with E-state index in [1.807, 2.05) is 13.8 Å². The Kier molecular flexibility index (Phi) is 5.62. The van der Waals surface area contributed by atoms with Gasteiger partial charge in [0.15, 0.2) is 11.6 Å². The maximum atomic E-state index is 13.4. The van der Waals surface area contributed by atoms with Crippen LogP contribution in [0, 0.1) is 23.4 Å². The van der Waals surface area contributed by atoms with Crippen molar-refractivity contribution in [2.75, 3.05) is 6.61 Å². The van der Waals surface area contributed by atoms with Gasteiger partial charge in [-0.2, -0.15) is 0 Å². The summed E-state index contributed by atoms with van der Waals surface area (Å²) < 4.78 is 39.1. The lowest BCUT2D eigenvalue weighted by molar-refractivity contribution is 0.243. The van der Waals surface area contributed by atoms with Gasteiger partial charge in [0.2, 0.25) is 0 Å². The van der Waals surface area contributed by atoms with E-state index in [4.69, 9.17) is 5.11 Å². The average molecular weight is 261 g/mol. The van der Waals surface area contributed by atoms with Crippen LogP contribution in [0.25, 0.3) is 0 Å². The lowest BCUT2D eigenvalue weighted by atomic mass is 10.0. The zero-order valence-corrected chi connectivity index (χ0v) is 10.5. The molecular weight excluding hydrogens is 243 g/mol. The first-order chi connectivity index (χ1) is 8.45. The van der Waals surface area contributed by atoms with Gasteiger partial charge in [0, 0.05) is 30.8 Å². The summed E-state index contributed by atoms with van der Waals surface area (Å²) in [5.74, 6) is -2.76. The highest BCUT2D eigenvalue weighted by Crippen LogP contribution is 2.14. The highest BCUT2D eigenvalue weighted by molar-refractivity contribution is 5.20. The van der Waals surface area contributed by atoms with Gasteiger partial charge in [-0.25, -0.2) is 13.2 Å². The highest BCUT2D eigenvalue weighted by atomic mass is 19.2. The summed E-state index contributed by atoms with van der Waals surface area (Å²) in [6.07, 6.45) is 0.531. The van der Waals surface area contributed by atoms with E-state index < -0.39 is 17.5 Å². The number of nitrogens with one attached hydrogen (secondary N) is 1. The fourth-order valence-corrected chi connectivity index (χ4v) is 1.75. The summed E-state index contributed by atoms with van der Waals surface area (Å²) >= 11 is 0. The lowest BCUT2D eigenvalue weighted by Gasteiger charge is -2.21. The molecule has 102 valence electrons. The molecule has 0 saturated heterocycles. The Morgan fingerprint density at radius 1 is 1.11 bits per heavy atom. The quantitative estimate of drug-likeness (QED) is 0.771. The molecule has 1 atom stereocenters. The number of hydrogen-bond donors (Lipinski definition) is 2. The van der Waals surface area contributed by atoms with Gasteiger partial charge in [0.25, 0.3) is 0 Å². The second kappa shape index (κ2) is 6.75. The van der Waals surface area contributed by atoms with Gasteiger partial charge in [0.05, 0.1) is 0 Å². The van der Waals surface area contributed by atoms with Gasteiger partial charge in [-0.3, -0.25) is 0 Å². The van der Waals surface area contributed by atoms with E-state index in [9.17, 15) is 13.2 Å². The van der Waals surface area contributed by atoms with Crippen molar-refractivity contribution < 1.29 is 18.3 Å². The summed E-state index contributed by atoms with van der Waals surface area (Å²) in [4.78, 5) is 0. The van der Waals surface area contributed by atoms with Crippen LogP contribution in [0.4, 0.5) is 13.2 Å². The van der Waals surface area contributed by atoms with Crippen molar-refractivity contribution in [2.45, 2.75) is 32.9 Å². The van der Waals surface area contributed by atoms with E-state index in [1.54, 1.807) is 0 Å². The molecule has 0 saturated carbocycles. The Labute approximate surface area is 105 Å². The third kappa shape index (κ3) is 3.99. The van der Waals surface area contributed by atoms with E-state index in [2.05, 4.69) is 5.32 Å². The van der Waals surface area contributed by atoms with Crippen molar-refractivity contribution in [3.8, 4) is 0 Å². The minimum Gasteiger partial charge on any atom is -0.396 e. The van der Waals surface area contributed by atoms with Crippen LogP contribution in [-0.4, -0.2) is 17.8 Å². The van der Waals surface area contributed by atoms with Gasteiger partial charge in [0.1, 0.15) is 5.82 Å². The number of rotatable bonds is 6. The molecule has 0 radical (unpaired) electrons. The Hall–Kier alpha value is -1.07. The van der Waals surface area contributed by atoms with E-state index in [1.165, 1.54) is 0 Å². The molecular formula is C13H18F3NO. The third-order valence-corrected chi connectivity index (χ3v) is 2.89. The first-order valence-corrected chi connectivity index (χ1v) is 5.93. The molecule has 2 N–H and O–H groups in total. The zero-order valence-electron chi connectivity index (χ0n) is 10.5. The van der Waals surface area contributed by atoms with Gasteiger partial charge >= 0.3 is 0 Å². The number of benzene rings is 1. The predicted octanol–water partition coefficient (Wildman–Crippen LogP) is 2.60. The maximum absolute atomic E-state index is 13.4. The summed E-state index contributed by atoms with van der Waals surface area (Å²) in [5.41, 5.74) is 0.0810. The van der Waals surface area contributed by atoms with Gasteiger partial charge < -0.3 is 10.4 Å². The SMILES string of the molecule is CC(C)C(CCO)NCc1cc(F)c(F)cc1F. The van der Waals surface area contributed by atoms with Crippen molar-refractivity contribution in [3.05, 3.63) is 35.1 Å². The summed E-state index contributed by atoms with van der Waals surface area (Å²) in [6.45, 7) is 4.06. The maximum Gasteiger partial charge on any atom is 0.161 e. The van der Waals surface area contributed by atoms with Crippen LogP contribution >= 0.6 is 0 Å². The van der Waals surface area contributed by atoms with E-state index in [-0.39, 0.29) is 30.7 Å². The van der Waals surface area contributed by atoms with Crippen LogP contribution in [0.1, 0.15) is 25.8 Å². The number of halogens is 3. The standard InChI is InChI=1S/C13H18F3NO/c1-8(2)13(3-4-18)17-7-9-5-11(15)12(16)6-10(9)14/h5-6,8,13,17-18H,3-4,7H2,1-2H3. The van der Waals surface area contributed by atoms with Gasteiger partial charge in [-0.15, -0.1) is 0 Å². The molecule has 1 aromatic rings. The molecule has 0 amide bonds. The molecule has 0 aromatic heterocycles. The molecule has 0 spiro atoms. The van der Waals surface area contributed by atoms with E-state index in [0.29, 0.717) is 12.5 Å². The Morgan fingerprint density at radius 3 is 2.28 bits per heavy atom. The van der Waals surface area contributed by atoms with Crippen molar-refractivity contribution in [3.63, 3.8) is 0 Å². The second-order valence-electron chi connectivity index (χ2n) is 4.60. The van der Waals surface area contributed by atoms with Crippen LogP contribution in [0.2, 0.25) is 0 Å². The molecule has 1 rings (SSSR count). The Morgan fingerprint density at radius 2 is 1.72 bits per heavy atom. The molecule has 0 fully saturated rings. The molecule has 0 aliphatic carbocycles. The molecule has 0 bridgehead atoms. The fourth-order valence-electron chi connectivity index (χ4n) is 1.75. The number of hydrogen-bond acceptors (Lipinski definition) is 2. The van der Waals surface area contributed by atoms with Crippen LogP contribution in [-0.2, 0) is 6.54 Å². The predicted molar refractivity (Wildman–Crippen MR) is 63.5 cm³/mol. The van der Waals surface area contributed by atoms with Crippen molar-refractivity contribution in [1.29, 1.82) is 0 Å². The second-order valence-corrected chi connectivity index (χ2v) is 4.60. The van der Waals surface area contributed by atoms with Gasteiger partial charge in [-0.05, 0) is 18.4 Å². The Balaban J connectivity index is 2.70. The summed E-state index contributed by atoms with van der Waals surface area (Å²) in [7, 11) is 0. The number of aliphatic hydroxyl groups is 1. The minimum absolute atomic E-state index is 0.00233. The van der Waals surface area contributed by atoms with Crippen molar-refractivity contribution >= 4 is 0 Å². The molecule has 1 aromatic carbocycles. The van der Waals surface area contributed by atoms with Crippen LogP contribution in [0.3, 0.4) is 0 Å². The summed E-state index contributed by atoms with van der Waals surface area (Å²) in [6, 6.07) is 1.40. The lowest BCUT2D eigenvalue weighted by Crippen LogP contribution is -2.34. The normalized spacial score (nSPS) is 13.1. The minimum atomic E-state index is -1.19. The molecule has 18 heavy (non-hydrogen) atoms. The van der Waals surface area contributed by atoms with E-state index in [0.717, 1.165) is 6.07 Å². The third-order valence-electron chi connectivity index (χ3n) is 2.89. The van der Waals surface area contributed by atoms with Crippen LogP contribution in [0.15, 0.2) is 12.1 Å². The van der Waals surface area contributed by atoms with Crippen LogP contribution in [0.5, 0.6) is 0 Å². The molecule has 0 aliphatic heterocycles. The van der Waals surface area contributed by atoms with E-state index >= 15 is 0 Å². The first-order valence-electron chi connectivity index (χ1n) is 5.93. The topological polar surface area (TPSA) is 32.3 Å². The van der Waals surface area contributed by atoms with Gasteiger partial charge in [-0.1, -0.05) is 13.8 Å². The van der Waals surface area contributed by atoms with Crippen LogP contribution < -0.4 is 5.32 Å². The highest BCUT2D eigenvalue weighted by Gasteiger charge is 2.14. The molecule has 5 heteroatoms. The smallest absolute Gasteiger partial charge is 0.161 e. The molecule has 1 unspecified atom stereocenters.